The molecule has 0 saturated heterocycles. The Kier molecular flexibility index (Phi) is 4.85. The Bertz CT molecular complexity index is 1250. The Labute approximate surface area is 184 Å². The van der Waals surface area contributed by atoms with Gasteiger partial charge >= 0.3 is 0 Å². The van der Waals surface area contributed by atoms with E-state index in [9.17, 15) is 4.79 Å². The fourth-order valence-corrected chi connectivity index (χ4v) is 3.96. The lowest BCUT2D eigenvalue weighted by atomic mass is 9.64. The quantitative estimate of drug-likeness (QED) is 0.497. The molecule has 0 spiro atoms. The topological polar surface area (TPSA) is 133 Å². The molecule has 1 aromatic carbocycles. The average Bonchev–Trinajstić information content (AvgIpc) is 3.29. The van der Waals surface area contributed by atoms with Gasteiger partial charge in [0.1, 0.15) is 5.69 Å². The van der Waals surface area contributed by atoms with Crippen molar-refractivity contribution in [3.8, 4) is 22.6 Å². The second kappa shape index (κ2) is 7.84. The number of carbonyl (C=O) groups excluding carboxylic acids is 1. The van der Waals surface area contributed by atoms with E-state index in [4.69, 9.17) is 10.3 Å². The van der Waals surface area contributed by atoms with Gasteiger partial charge in [-0.05, 0) is 36.1 Å². The number of rotatable bonds is 5. The molecule has 1 amide bonds. The minimum absolute atomic E-state index is 0.245. The highest BCUT2D eigenvalue weighted by atomic mass is 16.5. The zero-order valence-electron chi connectivity index (χ0n) is 17.4. The summed E-state index contributed by atoms with van der Waals surface area (Å²) in [6, 6.07) is 11.7. The lowest BCUT2D eigenvalue weighted by molar-refractivity contribution is 0.0958. The first kappa shape index (κ1) is 19.8. The van der Waals surface area contributed by atoms with Gasteiger partial charge in [0, 0.05) is 31.2 Å². The van der Waals surface area contributed by atoms with E-state index in [-0.39, 0.29) is 17.3 Å². The van der Waals surface area contributed by atoms with Gasteiger partial charge in [0.2, 0.25) is 5.95 Å². The number of benzene rings is 1. The fraction of sp³-hybridized carbons (Fsp3) is 0.217. The second-order valence-corrected chi connectivity index (χ2v) is 7.78. The third-order valence-electron chi connectivity index (χ3n) is 5.97. The van der Waals surface area contributed by atoms with Crippen molar-refractivity contribution in [1.82, 2.24) is 30.4 Å². The van der Waals surface area contributed by atoms with Crippen LogP contribution in [0.1, 0.15) is 41.1 Å². The van der Waals surface area contributed by atoms with E-state index in [1.54, 1.807) is 37.8 Å². The molecule has 1 aliphatic rings. The van der Waals surface area contributed by atoms with Gasteiger partial charge < -0.3 is 15.6 Å². The zero-order chi connectivity index (χ0) is 22.1. The number of aromatic nitrogens is 5. The lowest BCUT2D eigenvalue weighted by Gasteiger charge is -2.39. The highest BCUT2D eigenvalue weighted by molar-refractivity contribution is 5.92. The second-order valence-electron chi connectivity index (χ2n) is 7.78. The van der Waals surface area contributed by atoms with Gasteiger partial charge in [-0.15, -0.1) is 0 Å². The minimum Gasteiger partial charge on any atom is -0.368 e. The predicted octanol–water partition coefficient (Wildman–Crippen LogP) is 3.00. The van der Waals surface area contributed by atoms with E-state index in [0.29, 0.717) is 23.0 Å². The molecule has 4 aromatic rings. The van der Waals surface area contributed by atoms with E-state index >= 15 is 0 Å². The molecule has 160 valence electrons. The zero-order valence-corrected chi connectivity index (χ0v) is 17.4. The van der Waals surface area contributed by atoms with Crippen LogP contribution in [0.15, 0.2) is 59.5 Å². The largest absolute Gasteiger partial charge is 0.368 e. The number of nitrogen functional groups attached to an aromatic ring is 1. The van der Waals surface area contributed by atoms with Crippen LogP contribution in [0.3, 0.4) is 0 Å². The van der Waals surface area contributed by atoms with Crippen molar-refractivity contribution < 1.29 is 9.32 Å². The Morgan fingerprint density at radius 1 is 0.969 bits per heavy atom. The van der Waals surface area contributed by atoms with Crippen molar-refractivity contribution >= 4 is 11.9 Å². The molecule has 9 heteroatoms. The Morgan fingerprint density at radius 3 is 2.25 bits per heavy atom. The van der Waals surface area contributed by atoms with E-state index in [1.165, 1.54) is 0 Å². The summed E-state index contributed by atoms with van der Waals surface area (Å²) in [6.45, 7) is 0. The smallest absolute Gasteiger partial charge is 0.269 e. The molecule has 5 rings (SSSR count). The molecule has 9 nitrogen and oxygen atoms in total. The predicted molar refractivity (Wildman–Crippen MR) is 117 cm³/mol. The third-order valence-corrected chi connectivity index (χ3v) is 5.97. The first-order valence-corrected chi connectivity index (χ1v) is 10.3. The van der Waals surface area contributed by atoms with Crippen molar-refractivity contribution in [1.29, 1.82) is 0 Å². The SMILES string of the molecule is CNC(=O)c1ccc(-c2nc(C3(c4ccc(-c5cnc(N)nc5)cc4)CCC3)no2)cn1. The molecule has 32 heavy (non-hydrogen) atoms. The number of nitrogens with zero attached hydrogens (tertiary/aromatic N) is 5. The van der Waals surface area contributed by atoms with Gasteiger partial charge in [-0.3, -0.25) is 9.78 Å². The Hall–Kier alpha value is -4.14. The maximum absolute atomic E-state index is 11.7. The maximum Gasteiger partial charge on any atom is 0.269 e. The van der Waals surface area contributed by atoms with Crippen LogP contribution < -0.4 is 11.1 Å². The van der Waals surface area contributed by atoms with Gasteiger partial charge in [0.25, 0.3) is 11.8 Å². The van der Waals surface area contributed by atoms with Crippen LogP contribution in [0.25, 0.3) is 22.6 Å². The highest BCUT2D eigenvalue weighted by Crippen LogP contribution is 2.48. The molecule has 0 radical (unpaired) electrons. The number of nitrogens with two attached hydrogens (primary N) is 1. The van der Waals surface area contributed by atoms with Gasteiger partial charge in [-0.1, -0.05) is 35.8 Å². The van der Waals surface area contributed by atoms with Crippen LogP contribution in [0.4, 0.5) is 5.95 Å². The summed E-state index contributed by atoms with van der Waals surface area (Å²) >= 11 is 0. The molecular formula is C23H21N7O2. The molecule has 0 bridgehead atoms. The summed E-state index contributed by atoms with van der Waals surface area (Å²) in [6.07, 6.45) is 7.99. The number of carbonyl (C=O) groups is 1. The number of anilines is 1. The Balaban J connectivity index is 1.42. The molecule has 1 fully saturated rings. The van der Waals surface area contributed by atoms with E-state index in [2.05, 4.69) is 42.5 Å². The Morgan fingerprint density at radius 2 is 1.66 bits per heavy atom. The number of nitrogens with one attached hydrogen (secondary N) is 1. The van der Waals surface area contributed by atoms with Crippen LogP contribution >= 0.6 is 0 Å². The lowest BCUT2D eigenvalue weighted by Crippen LogP contribution is -2.36. The van der Waals surface area contributed by atoms with Crippen LogP contribution in [-0.4, -0.2) is 38.0 Å². The molecule has 0 aliphatic heterocycles. The highest BCUT2D eigenvalue weighted by Gasteiger charge is 2.44. The van der Waals surface area contributed by atoms with Crippen LogP contribution in [-0.2, 0) is 5.41 Å². The summed E-state index contributed by atoms with van der Waals surface area (Å²) in [5, 5.41) is 6.85. The summed E-state index contributed by atoms with van der Waals surface area (Å²) in [5.41, 5.74) is 9.37. The molecular weight excluding hydrogens is 406 g/mol. The molecule has 1 aliphatic carbocycles. The summed E-state index contributed by atoms with van der Waals surface area (Å²) in [5.74, 6) is 1.06. The van der Waals surface area contributed by atoms with Crippen molar-refractivity contribution in [2.24, 2.45) is 0 Å². The normalized spacial score (nSPS) is 14.5. The number of hydrogen-bond acceptors (Lipinski definition) is 8. The first-order valence-electron chi connectivity index (χ1n) is 10.3. The number of hydrogen-bond donors (Lipinski definition) is 2. The van der Waals surface area contributed by atoms with Crippen LogP contribution in [0, 0.1) is 0 Å². The number of pyridine rings is 1. The standard InChI is InChI=1S/C23H21N7O2/c1-25-19(31)18-8-5-15(11-26-18)20-29-21(30-32-20)23(9-2-10-23)17-6-3-14(4-7-17)16-12-27-22(24)28-13-16/h3-8,11-13H,2,9-10H2,1H3,(H,25,31)(H2,24,27,28). The van der Waals surface area contributed by atoms with E-state index < -0.39 is 0 Å². The molecule has 3 aromatic heterocycles. The minimum atomic E-state index is -0.270. The van der Waals surface area contributed by atoms with E-state index in [1.807, 2.05) is 12.1 Å². The summed E-state index contributed by atoms with van der Waals surface area (Å²) in [7, 11) is 1.57. The van der Waals surface area contributed by atoms with Crippen molar-refractivity contribution in [3.63, 3.8) is 0 Å². The van der Waals surface area contributed by atoms with Crippen molar-refractivity contribution in [2.75, 3.05) is 12.8 Å². The van der Waals surface area contributed by atoms with Gasteiger partial charge in [0.15, 0.2) is 5.82 Å². The van der Waals surface area contributed by atoms with Crippen molar-refractivity contribution in [2.45, 2.75) is 24.7 Å². The summed E-state index contributed by atoms with van der Waals surface area (Å²) in [4.78, 5) is 28.7. The van der Waals surface area contributed by atoms with Crippen LogP contribution in [0.5, 0.6) is 0 Å². The monoisotopic (exact) mass is 427 g/mol. The van der Waals surface area contributed by atoms with Gasteiger partial charge in [-0.2, -0.15) is 4.98 Å². The first-order chi connectivity index (χ1) is 15.6. The van der Waals surface area contributed by atoms with Gasteiger partial charge in [-0.25, -0.2) is 9.97 Å². The third kappa shape index (κ3) is 3.37. The van der Waals surface area contributed by atoms with Crippen molar-refractivity contribution in [3.05, 3.63) is 72.1 Å². The molecule has 1 saturated carbocycles. The molecule has 0 unspecified atom stereocenters. The van der Waals surface area contributed by atoms with Gasteiger partial charge in [0.05, 0.1) is 11.0 Å². The average molecular weight is 427 g/mol. The molecule has 0 atom stereocenters. The van der Waals surface area contributed by atoms with Crippen LogP contribution in [0.2, 0.25) is 0 Å². The summed E-state index contributed by atoms with van der Waals surface area (Å²) < 4.78 is 5.55. The molecule has 3 heterocycles. The number of amides is 1. The molecule has 3 N–H and O–H groups in total. The fourth-order valence-electron chi connectivity index (χ4n) is 3.96. The maximum atomic E-state index is 11.7. The van der Waals surface area contributed by atoms with E-state index in [0.717, 1.165) is 36.0 Å².